The zero-order valence-corrected chi connectivity index (χ0v) is 14.4. The number of hydrogen-bond acceptors (Lipinski definition) is 3. The molecule has 0 aromatic carbocycles. The van der Waals surface area contributed by atoms with Gasteiger partial charge in [0.1, 0.15) is 11.5 Å². The Morgan fingerprint density at radius 3 is 2.88 bits per heavy atom. The van der Waals surface area contributed by atoms with E-state index in [1.807, 2.05) is 17.1 Å². The van der Waals surface area contributed by atoms with Crippen LogP contribution in [0.4, 0.5) is 0 Å². The van der Waals surface area contributed by atoms with E-state index in [0.717, 1.165) is 6.42 Å². The summed E-state index contributed by atoms with van der Waals surface area (Å²) in [4.78, 5) is 26.5. The summed E-state index contributed by atoms with van der Waals surface area (Å²) in [6.07, 6.45) is 6.69. The van der Waals surface area contributed by atoms with Crippen molar-refractivity contribution in [2.24, 2.45) is 29.6 Å². The first kappa shape index (κ1) is 15.9. The fourth-order valence-corrected chi connectivity index (χ4v) is 5.43. The average Bonchev–Trinajstić information content (AvgIpc) is 3.11. The highest BCUT2D eigenvalue weighted by atomic mass is 16.5. The van der Waals surface area contributed by atoms with Gasteiger partial charge in [-0.15, -0.1) is 0 Å². The van der Waals surface area contributed by atoms with Crippen LogP contribution in [0.5, 0.6) is 0 Å². The van der Waals surface area contributed by atoms with Gasteiger partial charge in [0.05, 0.1) is 18.6 Å². The maximum absolute atomic E-state index is 13.0. The van der Waals surface area contributed by atoms with Crippen LogP contribution in [0.25, 0.3) is 0 Å². The molecule has 2 fully saturated rings. The van der Waals surface area contributed by atoms with E-state index in [1.54, 1.807) is 0 Å². The van der Waals surface area contributed by atoms with Crippen molar-refractivity contribution in [2.45, 2.75) is 38.9 Å². The molecule has 5 nitrogen and oxygen atoms in total. The number of carboxylic acid groups (broad SMARTS) is 1. The summed E-state index contributed by atoms with van der Waals surface area (Å²) >= 11 is 0. The highest BCUT2D eigenvalue weighted by Crippen LogP contribution is 2.52. The molecule has 0 radical (unpaired) electrons. The van der Waals surface area contributed by atoms with Crippen molar-refractivity contribution in [1.82, 2.24) is 4.90 Å². The molecule has 0 saturated carbocycles. The fourth-order valence-electron chi connectivity index (χ4n) is 5.43. The predicted molar refractivity (Wildman–Crippen MR) is 88.1 cm³/mol. The quantitative estimate of drug-likeness (QED) is 0.804. The van der Waals surface area contributed by atoms with Gasteiger partial charge in [-0.25, -0.2) is 0 Å². The van der Waals surface area contributed by atoms with Crippen LogP contribution < -0.4 is 0 Å². The van der Waals surface area contributed by atoms with Crippen molar-refractivity contribution in [1.29, 1.82) is 0 Å². The summed E-state index contributed by atoms with van der Waals surface area (Å²) in [5, 5.41) is 9.53. The molecule has 24 heavy (non-hydrogen) atoms. The second kappa shape index (κ2) is 5.19. The third-order valence-electron chi connectivity index (χ3n) is 6.49. The van der Waals surface area contributed by atoms with Crippen LogP contribution in [0.1, 0.15) is 27.2 Å². The molecule has 1 N–H and O–H groups in total. The molecule has 4 rings (SSSR count). The number of hydrogen-bond donors (Lipinski definition) is 1. The summed E-state index contributed by atoms with van der Waals surface area (Å²) in [6.45, 7) is 7.82. The van der Waals surface area contributed by atoms with E-state index < -0.39 is 29.5 Å². The number of carbonyl (C=O) groups is 2. The number of nitrogens with zero attached hydrogens (tertiary/aromatic N) is 1. The molecule has 1 spiro atoms. The summed E-state index contributed by atoms with van der Waals surface area (Å²) in [6, 6.07) is 0. The van der Waals surface area contributed by atoms with Gasteiger partial charge < -0.3 is 14.7 Å². The van der Waals surface area contributed by atoms with E-state index in [1.165, 1.54) is 5.57 Å². The molecule has 0 aromatic rings. The second-order valence-corrected chi connectivity index (χ2v) is 8.17. The number of carbonyl (C=O) groups excluding carboxylic acids is 1. The third kappa shape index (κ3) is 2.10. The van der Waals surface area contributed by atoms with Gasteiger partial charge in [0.2, 0.25) is 5.91 Å². The lowest BCUT2D eigenvalue weighted by Gasteiger charge is -2.36. The van der Waals surface area contributed by atoms with Crippen LogP contribution in [0.3, 0.4) is 0 Å². The molecule has 0 aromatic heterocycles. The first-order valence-corrected chi connectivity index (χ1v) is 8.88. The highest BCUT2D eigenvalue weighted by molar-refractivity contribution is 5.90. The van der Waals surface area contributed by atoms with Crippen LogP contribution in [-0.4, -0.2) is 46.7 Å². The van der Waals surface area contributed by atoms with E-state index in [0.29, 0.717) is 30.8 Å². The summed E-state index contributed by atoms with van der Waals surface area (Å²) in [5.74, 6) is -0.893. The molecular weight excluding hydrogens is 306 g/mol. The minimum Gasteiger partial charge on any atom is -0.481 e. The van der Waals surface area contributed by atoms with Crippen LogP contribution >= 0.6 is 0 Å². The van der Waals surface area contributed by atoms with Gasteiger partial charge in [-0.3, -0.25) is 9.59 Å². The van der Waals surface area contributed by atoms with Crippen LogP contribution in [0.15, 0.2) is 23.8 Å². The van der Waals surface area contributed by atoms with Gasteiger partial charge in [0.25, 0.3) is 0 Å². The van der Waals surface area contributed by atoms with Gasteiger partial charge in [0.15, 0.2) is 0 Å². The van der Waals surface area contributed by atoms with E-state index in [9.17, 15) is 14.7 Å². The first-order valence-electron chi connectivity index (χ1n) is 8.88. The van der Waals surface area contributed by atoms with Crippen molar-refractivity contribution in [3.63, 3.8) is 0 Å². The lowest BCUT2D eigenvalue weighted by Crippen LogP contribution is -2.41. The van der Waals surface area contributed by atoms with Crippen molar-refractivity contribution in [2.75, 3.05) is 13.1 Å². The molecule has 1 aliphatic carbocycles. The largest absolute Gasteiger partial charge is 0.481 e. The summed E-state index contributed by atoms with van der Waals surface area (Å²) in [7, 11) is 0. The Balaban J connectivity index is 1.56. The van der Waals surface area contributed by atoms with Gasteiger partial charge in [-0.2, -0.15) is 0 Å². The molecule has 7 atom stereocenters. The number of amides is 1. The highest BCUT2D eigenvalue weighted by Gasteiger charge is 2.67. The Hall–Kier alpha value is -1.62. The van der Waals surface area contributed by atoms with Gasteiger partial charge >= 0.3 is 5.97 Å². The molecule has 2 bridgehead atoms. The van der Waals surface area contributed by atoms with E-state index >= 15 is 0 Å². The van der Waals surface area contributed by atoms with E-state index in [4.69, 9.17) is 4.74 Å². The van der Waals surface area contributed by atoms with Gasteiger partial charge in [-0.05, 0) is 31.1 Å². The number of allylic oxidation sites excluding steroid dienone is 2. The van der Waals surface area contributed by atoms with E-state index in [-0.39, 0.29) is 5.91 Å². The minimum absolute atomic E-state index is 0.0417. The second-order valence-electron chi connectivity index (χ2n) is 8.17. The number of rotatable bonds is 3. The lowest BCUT2D eigenvalue weighted by molar-refractivity contribution is -0.148. The molecule has 2 saturated heterocycles. The molecular formula is C19H25NO4. The zero-order chi connectivity index (χ0) is 17.2. The topological polar surface area (TPSA) is 66.8 Å². The molecule has 4 aliphatic rings. The fraction of sp³-hybridized carbons (Fsp3) is 0.684. The maximum Gasteiger partial charge on any atom is 0.310 e. The number of carboxylic acids is 1. The third-order valence-corrected chi connectivity index (χ3v) is 6.49. The average molecular weight is 331 g/mol. The Labute approximate surface area is 142 Å². The monoisotopic (exact) mass is 331 g/mol. The number of aliphatic carboxylic acids is 1. The number of fused-ring (bicyclic) bond motifs is 1. The SMILES string of the molecule is CC1=C[C@@H](C)[C@@H](CN2C[C@]34C=C[C@H](O3)[C@@H](C(=O)O)[C@@H]4C2=O)[C@H](C)C1. The van der Waals surface area contributed by atoms with Crippen LogP contribution in [-0.2, 0) is 14.3 Å². The van der Waals surface area contributed by atoms with Crippen molar-refractivity contribution < 1.29 is 19.4 Å². The summed E-state index contributed by atoms with van der Waals surface area (Å²) < 4.78 is 5.95. The Morgan fingerprint density at radius 2 is 2.21 bits per heavy atom. The molecule has 3 heterocycles. The maximum atomic E-state index is 13.0. The van der Waals surface area contributed by atoms with Gasteiger partial charge in [0, 0.05) is 6.54 Å². The molecule has 3 aliphatic heterocycles. The van der Waals surface area contributed by atoms with Crippen molar-refractivity contribution in [3.8, 4) is 0 Å². The Morgan fingerprint density at radius 1 is 1.46 bits per heavy atom. The molecule has 0 unspecified atom stereocenters. The lowest BCUT2D eigenvalue weighted by atomic mass is 9.75. The predicted octanol–water partition coefficient (Wildman–Crippen LogP) is 2.09. The normalized spacial score (nSPS) is 46.4. The van der Waals surface area contributed by atoms with Crippen molar-refractivity contribution in [3.05, 3.63) is 23.8 Å². The van der Waals surface area contributed by atoms with Gasteiger partial charge in [-0.1, -0.05) is 37.6 Å². The summed E-state index contributed by atoms with van der Waals surface area (Å²) in [5.41, 5.74) is 0.711. The minimum atomic E-state index is -0.926. The Bertz CT molecular complexity index is 654. The zero-order valence-electron chi connectivity index (χ0n) is 14.4. The van der Waals surface area contributed by atoms with Crippen molar-refractivity contribution >= 4 is 11.9 Å². The smallest absolute Gasteiger partial charge is 0.310 e. The molecule has 130 valence electrons. The number of likely N-dealkylation sites (tertiary alicyclic amines) is 1. The molecule has 1 amide bonds. The Kier molecular flexibility index (Phi) is 3.43. The van der Waals surface area contributed by atoms with Crippen LogP contribution in [0.2, 0.25) is 0 Å². The van der Waals surface area contributed by atoms with Crippen LogP contribution in [0, 0.1) is 29.6 Å². The van der Waals surface area contributed by atoms with E-state index in [2.05, 4.69) is 26.8 Å². The first-order chi connectivity index (χ1) is 11.3. The standard InChI is InChI=1S/C19H25NO4/c1-10-6-11(2)13(12(3)7-10)8-20-9-19-5-4-14(24-19)15(18(22)23)16(19)17(20)21/h4-6,11-16H,7-9H2,1-3H3,(H,22,23)/t11-,12-,13-,14+,15-,16-,19+/m1/s1. The molecule has 5 heteroatoms. The number of ether oxygens (including phenoxy) is 1.